The molecule has 2 heterocycles. The molecule has 1 fully saturated rings. The van der Waals surface area contributed by atoms with Crippen LogP contribution in [0.4, 0.5) is 5.82 Å². The summed E-state index contributed by atoms with van der Waals surface area (Å²) in [5.41, 5.74) is 3.69. The largest absolute Gasteiger partial charge is 0.342 e. The molecule has 0 unspecified atom stereocenters. The lowest BCUT2D eigenvalue weighted by atomic mass is 9.95. The molecule has 0 saturated heterocycles. The molecule has 2 aliphatic rings. The van der Waals surface area contributed by atoms with Crippen molar-refractivity contribution in [2.24, 2.45) is 4.99 Å². The van der Waals surface area contributed by atoms with Crippen molar-refractivity contribution in [2.45, 2.75) is 44.8 Å². The summed E-state index contributed by atoms with van der Waals surface area (Å²) in [4.78, 5) is 7.69. The van der Waals surface area contributed by atoms with E-state index in [0.29, 0.717) is 6.04 Å². The van der Waals surface area contributed by atoms with Crippen LogP contribution in [0.2, 0.25) is 0 Å². The van der Waals surface area contributed by atoms with E-state index in [-0.39, 0.29) is 12.1 Å². The second-order valence-corrected chi connectivity index (χ2v) is 7.71. The third-order valence-electron chi connectivity index (χ3n) is 5.40. The molecule has 1 aromatic heterocycles. The molecular formula is C23H24N4. The van der Waals surface area contributed by atoms with E-state index >= 15 is 0 Å². The van der Waals surface area contributed by atoms with Gasteiger partial charge in [0.05, 0.1) is 12.2 Å². The van der Waals surface area contributed by atoms with Gasteiger partial charge in [0.15, 0.2) is 5.82 Å². The molecule has 1 aliphatic heterocycles. The maximum atomic E-state index is 5.16. The number of aliphatic imine (C=N–C) groups is 1. The van der Waals surface area contributed by atoms with Gasteiger partial charge in [-0.05, 0) is 32.3 Å². The van der Waals surface area contributed by atoms with Crippen LogP contribution in [0.25, 0.3) is 0 Å². The number of aromatic nitrogens is 2. The molecule has 0 N–H and O–H groups in total. The molecule has 4 nitrogen and oxygen atoms in total. The number of hydrogen-bond acceptors (Lipinski definition) is 3. The van der Waals surface area contributed by atoms with Gasteiger partial charge < -0.3 is 4.90 Å². The lowest BCUT2D eigenvalue weighted by Crippen LogP contribution is -2.40. The van der Waals surface area contributed by atoms with Gasteiger partial charge >= 0.3 is 0 Å². The minimum absolute atomic E-state index is 0.161. The Labute approximate surface area is 160 Å². The zero-order valence-corrected chi connectivity index (χ0v) is 15.8. The van der Waals surface area contributed by atoms with E-state index in [1.807, 2.05) is 6.20 Å². The number of benzene rings is 2. The highest BCUT2D eigenvalue weighted by Gasteiger charge is 2.42. The molecule has 2 aromatic carbocycles. The molecule has 0 spiro atoms. The van der Waals surface area contributed by atoms with Crippen molar-refractivity contribution in [3.63, 3.8) is 0 Å². The number of fused-ring (bicyclic) bond motifs is 1. The van der Waals surface area contributed by atoms with E-state index in [1.54, 1.807) is 0 Å². The van der Waals surface area contributed by atoms with Crippen molar-refractivity contribution in [2.75, 3.05) is 0 Å². The van der Waals surface area contributed by atoms with Crippen molar-refractivity contribution in [1.29, 1.82) is 0 Å². The van der Waals surface area contributed by atoms with E-state index < -0.39 is 0 Å². The molecule has 0 radical (unpaired) electrons. The van der Waals surface area contributed by atoms with Gasteiger partial charge in [-0.2, -0.15) is 5.10 Å². The van der Waals surface area contributed by atoms with Gasteiger partial charge in [-0.25, -0.2) is 9.67 Å². The molecule has 136 valence electrons. The van der Waals surface area contributed by atoms with Crippen LogP contribution in [0.15, 0.2) is 71.9 Å². The monoisotopic (exact) mass is 356 g/mol. The van der Waals surface area contributed by atoms with Gasteiger partial charge in [0.25, 0.3) is 0 Å². The van der Waals surface area contributed by atoms with E-state index in [0.717, 1.165) is 11.7 Å². The predicted molar refractivity (Wildman–Crippen MR) is 108 cm³/mol. The van der Waals surface area contributed by atoms with Crippen LogP contribution in [-0.4, -0.2) is 26.6 Å². The molecule has 0 amide bonds. The standard InChI is InChI=1S/C23H24N4/c1-16(2)27-23-20(15-24-27)21(17-9-5-3-6-10-17)26(19-13-14-19)22(25-23)18-11-7-4-8-12-18/h3-12,15-16,19,21H,13-14H2,1-2H3/t21-/m0/s1. The molecule has 1 atom stereocenters. The van der Waals surface area contributed by atoms with Gasteiger partial charge in [-0.3, -0.25) is 0 Å². The first-order valence-corrected chi connectivity index (χ1v) is 9.79. The lowest BCUT2D eigenvalue weighted by molar-refractivity contribution is 0.341. The van der Waals surface area contributed by atoms with Crippen LogP contribution < -0.4 is 0 Å². The van der Waals surface area contributed by atoms with Gasteiger partial charge in [0, 0.05) is 23.2 Å². The smallest absolute Gasteiger partial charge is 0.158 e. The average molecular weight is 356 g/mol. The average Bonchev–Trinajstić information content (AvgIpc) is 3.46. The molecule has 1 aliphatic carbocycles. The first-order chi connectivity index (χ1) is 13.2. The molecule has 4 heteroatoms. The minimum atomic E-state index is 0.161. The van der Waals surface area contributed by atoms with Crippen LogP contribution in [0.5, 0.6) is 0 Å². The summed E-state index contributed by atoms with van der Waals surface area (Å²) in [6, 6.07) is 22.3. The molecule has 0 bridgehead atoms. The second-order valence-electron chi connectivity index (χ2n) is 7.71. The Balaban J connectivity index is 1.75. The Morgan fingerprint density at radius 3 is 2.22 bits per heavy atom. The van der Waals surface area contributed by atoms with Crippen molar-refractivity contribution in [3.8, 4) is 0 Å². The summed E-state index contributed by atoms with van der Waals surface area (Å²) in [6.07, 6.45) is 4.47. The first kappa shape index (κ1) is 16.3. The third-order valence-corrected chi connectivity index (χ3v) is 5.40. The highest BCUT2D eigenvalue weighted by atomic mass is 15.4. The fourth-order valence-corrected chi connectivity index (χ4v) is 4.00. The summed E-state index contributed by atoms with van der Waals surface area (Å²) < 4.78 is 2.05. The maximum Gasteiger partial charge on any atom is 0.158 e. The summed E-state index contributed by atoms with van der Waals surface area (Å²) >= 11 is 0. The Morgan fingerprint density at radius 2 is 1.59 bits per heavy atom. The summed E-state index contributed by atoms with van der Waals surface area (Å²) in [6.45, 7) is 4.32. The van der Waals surface area contributed by atoms with Crippen LogP contribution >= 0.6 is 0 Å². The Morgan fingerprint density at radius 1 is 0.926 bits per heavy atom. The zero-order chi connectivity index (χ0) is 18.4. The van der Waals surface area contributed by atoms with E-state index in [9.17, 15) is 0 Å². The van der Waals surface area contributed by atoms with Crippen molar-refractivity contribution < 1.29 is 0 Å². The quantitative estimate of drug-likeness (QED) is 0.651. The fourth-order valence-electron chi connectivity index (χ4n) is 4.00. The SMILES string of the molecule is CC(C)n1ncc2c1N=C(c1ccccc1)N(C1CC1)[C@H]2c1ccccc1. The van der Waals surface area contributed by atoms with Crippen LogP contribution in [0.1, 0.15) is 55.5 Å². The second kappa shape index (κ2) is 6.38. The van der Waals surface area contributed by atoms with E-state index in [1.165, 1.54) is 29.5 Å². The zero-order valence-electron chi connectivity index (χ0n) is 15.8. The minimum Gasteiger partial charge on any atom is -0.342 e. The summed E-state index contributed by atoms with van der Waals surface area (Å²) in [5, 5.41) is 4.70. The maximum absolute atomic E-state index is 5.16. The number of hydrogen-bond donors (Lipinski definition) is 0. The summed E-state index contributed by atoms with van der Waals surface area (Å²) in [7, 11) is 0. The van der Waals surface area contributed by atoms with Crippen LogP contribution in [0.3, 0.4) is 0 Å². The van der Waals surface area contributed by atoms with Gasteiger partial charge in [0.2, 0.25) is 0 Å². The van der Waals surface area contributed by atoms with E-state index in [2.05, 4.69) is 84.1 Å². The van der Waals surface area contributed by atoms with Gasteiger partial charge in [-0.15, -0.1) is 0 Å². The van der Waals surface area contributed by atoms with Gasteiger partial charge in [0.1, 0.15) is 5.84 Å². The fraction of sp³-hybridized carbons (Fsp3) is 0.304. The van der Waals surface area contributed by atoms with Gasteiger partial charge in [-0.1, -0.05) is 60.7 Å². The highest BCUT2D eigenvalue weighted by molar-refractivity contribution is 6.02. The Kier molecular flexibility index (Phi) is 3.85. The lowest BCUT2D eigenvalue weighted by Gasteiger charge is -2.38. The van der Waals surface area contributed by atoms with E-state index in [4.69, 9.17) is 10.1 Å². The number of amidine groups is 1. The van der Waals surface area contributed by atoms with Crippen molar-refractivity contribution in [1.82, 2.24) is 14.7 Å². The Hall–Kier alpha value is -2.88. The van der Waals surface area contributed by atoms with Crippen molar-refractivity contribution in [3.05, 3.63) is 83.6 Å². The number of nitrogens with zero attached hydrogens (tertiary/aromatic N) is 4. The van der Waals surface area contributed by atoms with Crippen LogP contribution in [0, 0.1) is 0 Å². The molecule has 1 saturated carbocycles. The summed E-state index contributed by atoms with van der Waals surface area (Å²) in [5.74, 6) is 2.07. The highest BCUT2D eigenvalue weighted by Crippen LogP contribution is 2.46. The number of rotatable bonds is 4. The molecule has 27 heavy (non-hydrogen) atoms. The predicted octanol–water partition coefficient (Wildman–Crippen LogP) is 5.11. The first-order valence-electron chi connectivity index (χ1n) is 9.79. The Bertz CT molecular complexity index is 968. The molecule has 3 aromatic rings. The normalized spacial score (nSPS) is 19.1. The van der Waals surface area contributed by atoms with Crippen LogP contribution in [-0.2, 0) is 0 Å². The topological polar surface area (TPSA) is 33.4 Å². The molecular weight excluding hydrogens is 332 g/mol. The molecule has 5 rings (SSSR count). The van der Waals surface area contributed by atoms with Crippen molar-refractivity contribution >= 4 is 11.7 Å². The third kappa shape index (κ3) is 2.76.